The molecule has 2 rings (SSSR count). The van der Waals surface area contributed by atoms with Gasteiger partial charge in [-0.05, 0) is 42.8 Å². The molecule has 0 bridgehead atoms. The fourth-order valence-corrected chi connectivity index (χ4v) is 1.90. The molecule has 0 aliphatic rings. The molecule has 0 heterocycles. The Labute approximate surface area is 128 Å². The molecule has 1 N–H and O–H groups in total. The summed E-state index contributed by atoms with van der Waals surface area (Å²) >= 11 is 5.83. The third-order valence-electron chi connectivity index (χ3n) is 2.64. The Hall–Kier alpha value is -2.33. The van der Waals surface area contributed by atoms with Gasteiger partial charge in [0.2, 0.25) is 0 Å². The molecule has 0 fully saturated rings. The standard InChI is InChI=1S/C16H15ClN2O2/c1-2-21-15-8-3-5-12(9-15)11-18-19-16(20)13-6-4-7-14(17)10-13/h3-11H,2H2,1H3,(H,19,20). The normalized spacial score (nSPS) is 10.6. The summed E-state index contributed by atoms with van der Waals surface area (Å²) in [7, 11) is 0. The van der Waals surface area contributed by atoms with Gasteiger partial charge < -0.3 is 4.74 Å². The Bertz CT molecular complexity index is 656. The Morgan fingerprint density at radius 2 is 2.10 bits per heavy atom. The van der Waals surface area contributed by atoms with E-state index in [-0.39, 0.29) is 5.91 Å². The van der Waals surface area contributed by atoms with Crippen molar-refractivity contribution in [1.82, 2.24) is 5.43 Å². The molecule has 4 nitrogen and oxygen atoms in total. The molecular weight excluding hydrogens is 288 g/mol. The van der Waals surface area contributed by atoms with Crippen molar-refractivity contribution < 1.29 is 9.53 Å². The van der Waals surface area contributed by atoms with Crippen molar-refractivity contribution in [3.05, 3.63) is 64.7 Å². The zero-order valence-corrected chi connectivity index (χ0v) is 12.3. The van der Waals surface area contributed by atoms with E-state index < -0.39 is 0 Å². The van der Waals surface area contributed by atoms with Crippen LogP contribution in [0.1, 0.15) is 22.8 Å². The van der Waals surface area contributed by atoms with E-state index in [9.17, 15) is 4.79 Å². The summed E-state index contributed by atoms with van der Waals surface area (Å²) in [5.41, 5.74) is 3.76. The van der Waals surface area contributed by atoms with E-state index in [1.54, 1.807) is 30.5 Å². The van der Waals surface area contributed by atoms with E-state index in [1.165, 1.54) is 0 Å². The van der Waals surface area contributed by atoms with Crippen molar-refractivity contribution in [2.45, 2.75) is 6.92 Å². The zero-order chi connectivity index (χ0) is 15.1. The summed E-state index contributed by atoms with van der Waals surface area (Å²) in [6.07, 6.45) is 1.56. The highest BCUT2D eigenvalue weighted by molar-refractivity contribution is 6.30. The zero-order valence-electron chi connectivity index (χ0n) is 11.5. The average molecular weight is 303 g/mol. The average Bonchev–Trinajstić information content (AvgIpc) is 2.48. The van der Waals surface area contributed by atoms with Crippen LogP contribution in [0.5, 0.6) is 5.75 Å². The molecule has 0 saturated carbocycles. The van der Waals surface area contributed by atoms with Gasteiger partial charge in [-0.3, -0.25) is 4.79 Å². The summed E-state index contributed by atoms with van der Waals surface area (Å²) in [4.78, 5) is 11.8. The first kappa shape index (κ1) is 15.1. The number of nitrogens with one attached hydrogen (secondary N) is 1. The third kappa shape index (κ3) is 4.61. The lowest BCUT2D eigenvalue weighted by atomic mass is 10.2. The highest BCUT2D eigenvalue weighted by Crippen LogP contribution is 2.12. The first-order chi connectivity index (χ1) is 10.2. The van der Waals surface area contributed by atoms with E-state index >= 15 is 0 Å². The SMILES string of the molecule is CCOc1cccc(C=NNC(=O)c2cccc(Cl)c2)c1. The molecular formula is C16H15ClN2O2. The lowest BCUT2D eigenvalue weighted by Gasteiger charge is -2.03. The molecule has 0 aliphatic carbocycles. The number of rotatable bonds is 5. The van der Waals surface area contributed by atoms with Crippen LogP contribution < -0.4 is 10.2 Å². The molecule has 2 aromatic rings. The Kier molecular flexibility index (Phi) is 5.35. The van der Waals surface area contributed by atoms with Gasteiger partial charge in [-0.25, -0.2) is 5.43 Å². The van der Waals surface area contributed by atoms with E-state index in [2.05, 4.69) is 10.5 Å². The van der Waals surface area contributed by atoms with Crippen molar-refractivity contribution in [2.75, 3.05) is 6.61 Å². The number of ether oxygens (including phenoxy) is 1. The van der Waals surface area contributed by atoms with Gasteiger partial charge in [-0.15, -0.1) is 0 Å². The molecule has 1 amide bonds. The molecule has 0 spiro atoms. The number of nitrogens with zero attached hydrogens (tertiary/aromatic N) is 1. The lowest BCUT2D eigenvalue weighted by Crippen LogP contribution is -2.17. The molecule has 2 aromatic carbocycles. The van der Waals surface area contributed by atoms with Gasteiger partial charge in [0.15, 0.2) is 0 Å². The van der Waals surface area contributed by atoms with Gasteiger partial charge >= 0.3 is 0 Å². The van der Waals surface area contributed by atoms with Crippen LogP contribution in [0.4, 0.5) is 0 Å². The monoisotopic (exact) mass is 302 g/mol. The number of hydrogen-bond acceptors (Lipinski definition) is 3. The van der Waals surface area contributed by atoms with Crippen molar-refractivity contribution in [3.8, 4) is 5.75 Å². The van der Waals surface area contributed by atoms with Gasteiger partial charge in [0, 0.05) is 10.6 Å². The molecule has 108 valence electrons. The molecule has 0 unspecified atom stereocenters. The van der Waals surface area contributed by atoms with Crippen LogP contribution in [0.3, 0.4) is 0 Å². The second-order valence-electron chi connectivity index (χ2n) is 4.21. The fourth-order valence-electron chi connectivity index (χ4n) is 1.71. The summed E-state index contributed by atoms with van der Waals surface area (Å²) in [6.45, 7) is 2.53. The first-order valence-electron chi connectivity index (χ1n) is 6.51. The van der Waals surface area contributed by atoms with Crippen LogP contribution in [0, 0.1) is 0 Å². The van der Waals surface area contributed by atoms with Gasteiger partial charge in [-0.1, -0.05) is 29.8 Å². The Morgan fingerprint density at radius 1 is 1.29 bits per heavy atom. The Morgan fingerprint density at radius 3 is 2.86 bits per heavy atom. The highest BCUT2D eigenvalue weighted by Gasteiger charge is 2.03. The Balaban J connectivity index is 1.99. The van der Waals surface area contributed by atoms with E-state index in [4.69, 9.17) is 16.3 Å². The number of carbonyl (C=O) groups excluding carboxylic acids is 1. The van der Waals surface area contributed by atoms with Crippen LogP contribution in [0.2, 0.25) is 5.02 Å². The number of benzene rings is 2. The van der Waals surface area contributed by atoms with Crippen molar-refractivity contribution >= 4 is 23.7 Å². The second-order valence-corrected chi connectivity index (χ2v) is 4.65. The predicted molar refractivity (Wildman–Crippen MR) is 84.1 cm³/mol. The molecule has 0 aromatic heterocycles. The van der Waals surface area contributed by atoms with Crippen LogP contribution in [-0.4, -0.2) is 18.7 Å². The van der Waals surface area contributed by atoms with Crippen LogP contribution >= 0.6 is 11.6 Å². The summed E-state index contributed by atoms with van der Waals surface area (Å²) < 4.78 is 5.39. The van der Waals surface area contributed by atoms with E-state index in [0.29, 0.717) is 17.2 Å². The van der Waals surface area contributed by atoms with Crippen molar-refractivity contribution in [1.29, 1.82) is 0 Å². The molecule has 0 aliphatic heterocycles. The number of halogens is 1. The fraction of sp³-hybridized carbons (Fsp3) is 0.125. The number of amides is 1. The first-order valence-corrected chi connectivity index (χ1v) is 6.88. The molecule has 5 heteroatoms. The van der Waals surface area contributed by atoms with Crippen LogP contribution in [-0.2, 0) is 0 Å². The molecule has 21 heavy (non-hydrogen) atoms. The minimum Gasteiger partial charge on any atom is -0.494 e. The maximum absolute atomic E-state index is 11.8. The highest BCUT2D eigenvalue weighted by atomic mass is 35.5. The summed E-state index contributed by atoms with van der Waals surface area (Å²) in [5, 5.41) is 4.44. The summed E-state index contributed by atoms with van der Waals surface area (Å²) in [6, 6.07) is 14.1. The smallest absolute Gasteiger partial charge is 0.271 e. The quantitative estimate of drug-likeness (QED) is 0.679. The number of carbonyl (C=O) groups is 1. The molecule has 0 radical (unpaired) electrons. The van der Waals surface area contributed by atoms with Gasteiger partial charge in [0.25, 0.3) is 5.91 Å². The summed E-state index contributed by atoms with van der Waals surface area (Å²) in [5.74, 6) is 0.456. The van der Waals surface area contributed by atoms with Crippen LogP contribution in [0.25, 0.3) is 0 Å². The minimum atomic E-state index is -0.310. The molecule has 0 atom stereocenters. The largest absolute Gasteiger partial charge is 0.494 e. The van der Waals surface area contributed by atoms with Crippen LogP contribution in [0.15, 0.2) is 53.6 Å². The van der Waals surface area contributed by atoms with Gasteiger partial charge in [0.05, 0.1) is 12.8 Å². The van der Waals surface area contributed by atoms with E-state index in [1.807, 2.05) is 31.2 Å². The van der Waals surface area contributed by atoms with Gasteiger partial charge in [-0.2, -0.15) is 5.10 Å². The predicted octanol–water partition coefficient (Wildman–Crippen LogP) is 3.50. The number of hydrazone groups is 1. The number of hydrogen-bond donors (Lipinski definition) is 1. The minimum absolute atomic E-state index is 0.310. The maximum Gasteiger partial charge on any atom is 0.271 e. The molecule has 0 saturated heterocycles. The second kappa shape index (κ2) is 7.45. The van der Waals surface area contributed by atoms with Crippen molar-refractivity contribution in [3.63, 3.8) is 0 Å². The topological polar surface area (TPSA) is 50.7 Å². The van der Waals surface area contributed by atoms with Gasteiger partial charge in [0.1, 0.15) is 5.75 Å². The third-order valence-corrected chi connectivity index (χ3v) is 2.87. The van der Waals surface area contributed by atoms with E-state index in [0.717, 1.165) is 11.3 Å². The van der Waals surface area contributed by atoms with Crippen molar-refractivity contribution in [2.24, 2.45) is 5.10 Å². The maximum atomic E-state index is 11.8. The lowest BCUT2D eigenvalue weighted by molar-refractivity contribution is 0.0955.